The molecule has 0 radical (unpaired) electrons. The van der Waals surface area contributed by atoms with E-state index in [2.05, 4.69) is 51.3 Å². The number of carbonyl (C=O) groups is 1. The van der Waals surface area contributed by atoms with Gasteiger partial charge in [-0.05, 0) is 55.8 Å². The van der Waals surface area contributed by atoms with Crippen LogP contribution in [0.2, 0.25) is 0 Å². The van der Waals surface area contributed by atoms with E-state index < -0.39 is 0 Å². The highest BCUT2D eigenvalue weighted by atomic mass is 32.1. The van der Waals surface area contributed by atoms with E-state index in [1.54, 1.807) is 12.1 Å². The van der Waals surface area contributed by atoms with Gasteiger partial charge in [0.15, 0.2) is 0 Å². The van der Waals surface area contributed by atoms with Gasteiger partial charge < -0.3 is 10.2 Å². The first-order valence-electron chi connectivity index (χ1n) is 10.5. The van der Waals surface area contributed by atoms with Crippen molar-refractivity contribution in [3.8, 4) is 10.6 Å². The molecule has 1 amide bonds. The third-order valence-electron chi connectivity index (χ3n) is 5.55. The Balaban J connectivity index is 1.26. The number of halogens is 1. The van der Waals surface area contributed by atoms with Crippen LogP contribution in [0, 0.1) is 19.7 Å². The second kappa shape index (κ2) is 9.58. The summed E-state index contributed by atoms with van der Waals surface area (Å²) in [6.07, 6.45) is 0. The Morgan fingerprint density at radius 1 is 1.10 bits per heavy atom. The summed E-state index contributed by atoms with van der Waals surface area (Å²) < 4.78 is 13.1. The number of anilines is 1. The van der Waals surface area contributed by atoms with Gasteiger partial charge in [0.05, 0.1) is 5.69 Å². The number of amides is 1. The standard InChI is InChI=1S/C24H27FN4OS/c1-17-4-3-5-21(16-17)29-14-12-28(13-15-29)11-10-26-23(30)22-18(2)27-24(31-22)19-6-8-20(25)9-7-19/h3-9,16H,10-15H2,1-2H3,(H,26,30). The highest BCUT2D eigenvalue weighted by molar-refractivity contribution is 7.17. The lowest BCUT2D eigenvalue weighted by Gasteiger charge is -2.36. The molecule has 1 aromatic heterocycles. The van der Waals surface area contributed by atoms with Gasteiger partial charge in [0.25, 0.3) is 5.91 Å². The van der Waals surface area contributed by atoms with Crippen molar-refractivity contribution in [1.82, 2.24) is 15.2 Å². The fourth-order valence-electron chi connectivity index (χ4n) is 3.79. The zero-order valence-corrected chi connectivity index (χ0v) is 18.7. The number of aryl methyl sites for hydroxylation is 2. The smallest absolute Gasteiger partial charge is 0.263 e. The third-order valence-corrected chi connectivity index (χ3v) is 6.75. The Morgan fingerprint density at radius 2 is 1.84 bits per heavy atom. The van der Waals surface area contributed by atoms with Crippen molar-refractivity contribution in [2.75, 3.05) is 44.2 Å². The summed E-state index contributed by atoms with van der Waals surface area (Å²) in [7, 11) is 0. The first kappa shape index (κ1) is 21.5. The Labute approximate surface area is 186 Å². The zero-order chi connectivity index (χ0) is 21.8. The minimum absolute atomic E-state index is 0.0956. The molecule has 162 valence electrons. The molecule has 1 fully saturated rings. The number of nitrogens with zero attached hydrogens (tertiary/aromatic N) is 3. The van der Waals surface area contributed by atoms with Gasteiger partial charge in [-0.1, -0.05) is 12.1 Å². The highest BCUT2D eigenvalue weighted by Gasteiger charge is 2.19. The predicted molar refractivity (Wildman–Crippen MR) is 124 cm³/mol. The van der Waals surface area contributed by atoms with Gasteiger partial charge in [0.2, 0.25) is 0 Å². The number of thiazole rings is 1. The molecule has 1 aliphatic heterocycles. The average molecular weight is 439 g/mol. The number of nitrogens with one attached hydrogen (secondary N) is 1. The van der Waals surface area contributed by atoms with Crippen LogP contribution in [-0.4, -0.2) is 55.1 Å². The summed E-state index contributed by atoms with van der Waals surface area (Å²) in [5.41, 5.74) is 4.09. The molecule has 5 nitrogen and oxygen atoms in total. The Bertz CT molecular complexity index is 1040. The second-order valence-electron chi connectivity index (χ2n) is 7.86. The Kier molecular flexibility index (Phi) is 6.63. The van der Waals surface area contributed by atoms with E-state index in [0.717, 1.165) is 43.3 Å². The Hall–Kier alpha value is -2.77. The van der Waals surface area contributed by atoms with Crippen LogP contribution in [0.25, 0.3) is 10.6 Å². The SMILES string of the molecule is Cc1cccc(N2CCN(CCNC(=O)c3sc(-c4ccc(F)cc4)nc3C)CC2)c1. The van der Waals surface area contributed by atoms with Crippen molar-refractivity contribution in [1.29, 1.82) is 0 Å². The van der Waals surface area contributed by atoms with Crippen molar-refractivity contribution < 1.29 is 9.18 Å². The number of carbonyl (C=O) groups excluding carboxylic acids is 1. The lowest BCUT2D eigenvalue weighted by molar-refractivity contribution is 0.0951. The number of aromatic nitrogens is 1. The molecule has 2 aromatic carbocycles. The molecule has 0 saturated carbocycles. The zero-order valence-electron chi connectivity index (χ0n) is 17.9. The Morgan fingerprint density at radius 3 is 2.55 bits per heavy atom. The van der Waals surface area contributed by atoms with E-state index in [4.69, 9.17) is 0 Å². The van der Waals surface area contributed by atoms with Gasteiger partial charge in [-0.15, -0.1) is 11.3 Å². The number of benzene rings is 2. The summed E-state index contributed by atoms with van der Waals surface area (Å²) in [4.78, 5) is 22.6. The van der Waals surface area contributed by atoms with E-state index in [1.807, 2.05) is 6.92 Å². The molecule has 4 rings (SSSR count). The van der Waals surface area contributed by atoms with E-state index in [-0.39, 0.29) is 11.7 Å². The lowest BCUT2D eigenvalue weighted by Crippen LogP contribution is -2.48. The van der Waals surface area contributed by atoms with Crippen molar-refractivity contribution >= 4 is 22.9 Å². The maximum Gasteiger partial charge on any atom is 0.263 e. The molecular formula is C24H27FN4OS. The van der Waals surface area contributed by atoms with Crippen molar-refractivity contribution in [3.63, 3.8) is 0 Å². The molecule has 1 aliphatic rings. The molecule has 0 spiro atoms. The molecule has 2 heterocycles. The summed E-state index contributed by atoms with van der Waals surface area (Å²) in [6, 6.07) is 14.8. The molecule has 1 saturated heterocycles. The van der Waals surface area contributed by atoms with Crippen LogP contribution in [0.4, 0.5) is 10.1 Å². The molecule has 31 heavy (non-hydrogen) atoms. The maximum atomic E-state index is 13.1. The van der Waals surface area contributed by atoms with Gasteiger partial charge in [-0.25, -0.2) is 9.37 Å². The van der Waals surface area contributed by atoms with Crippen molar-refractivity contribution in [2.45, 2.75) is 13.8 Å². The fraction of sp³-hybridized carbons (Fsp3) is 0.333. The third kappa shape index (κ3) is 5.29. The molecular weight excluding hydrogens is 411 g/mol. The molecule has 3 aromatic rings. The summed E-state index contributed by atoms with van der Waals surface area (Å²) in [5.74, 6) is -0.378. The van der Waals surface area contributed by atoms with E-state index in [1.165, 1.54) is 34.7 Å². The summed E-state index contributed by atoms with van der Waals surface area (Å²) in [6.45, 7) is 9.34. The quantitative estimate of drug-likeness (QED) is 0.629. The lowest BCUT2D eigenvalue weighted by atomic mass is 10.2. The molecule has 0 atom stereocenters. The average Bonchev–Trinajstić information content (AvgIpc) is 3.16. The number of rotatable bonds is 6. The minimum atomic E-state index is -0.283. The van der Waals surface area contributed by atoms with Gasteiger partial charge in [0, 0.05) is 50.5 Å². The van der Waals surface area contributed by atoms with Crippen LogP contribution < -0.4 is 10.2 Å². The summed E-state index contributed by atoms with van der Waals surface area (Å²) >= 11 is 1.35. The van der Waals surface area contributed by atoms with Gasteiger partial charge in [0.1, 0.15) is 15.7 Å². The first-order valence-corrected chi connectivity index (χ1v) is 11.4. The number of hydrogen-bond acceptors (Lipinski definition) is 5. The van der Waals surface area contributed by atoms with Crippen molar-refractivity contribution in [3.05, 3.63) is 70.5 Å². The van der Waals surface area contributed by atoms with Gasteiger partial charge in [-0.3, -0.25) is 9.69 Å². The van der Waals surface area contributed by atoms with Gasteiger partial charge in [-0.2, -0.15) is 0 Å². The predicted octanol–water partition coefficient (Wildman–Crippen LogP) is 4.12. The van der Waals surface area contributed by atoms with Crippen LogP contribution in [0.3, 0.4) is 0 Å². The molecule has 0 unspecified atom stereocenters. The van der Waals surface area contributed by atoms with E-state index >= 15 is 0 Å². The van der Waals surface area contributed by atoms with Crippen LogP contribution in [0.1, 0.15) is 20.9 Å². The van der Waals surface area contributed by atoms with Crippen LogP contribution >= 0.6 is 11.3 Å². The van der Waals surface area contributed by atoms with E-state index in [9.17, 15) is 9.18 Å². The monoisotopic (exact) mass is 438 g/mol. The van der Waals surface area contributed by atoms with Crippen molar-refractivity contribution in [2.24, 2.45) is 0 Å². The second-order valence-corrected chi connectivity index (χ2v) is 8.86. The molecule has 1 N–H and O–H groups in total. The first-order chi connectivity index (χ1) is 15.0. The largest absolute Gasteiger partial charge is 0.369 e. The fourth-order valence-corrected chi connectivity index (χ4v) is 4.77. The molecule has 7 heteroatoms. The van der Waals surface area contributed by atoms with Crippen LogP contribution in [-0.2, 0) is 0 Å². The van der Waals surface area contributed by atoms with Crippen LogP contribution in [0.15, 0.2) is 48.5 Å². The van der Waals surface area contributed by atoms with E-state index in [0.29, 0.717) is 17.1 Å². The normalized spacial score (nSPS) is 14.6. The molecule has 0 aliphatic carbocycles. The molecule has 0 bridgehead atoms. The van der Waals surface area contributed by atoms with Gasteiger partial charge >= 0.3 is 0 Å². The highest BCUT2D eigenvalue weighted by Crippen LogP contribution is 2.28. The minimum Gasteiger partial charge on any atom is -0.369 e. The topological polar surface area (TPSA) is 48.5 Å². The number of hydrogen-bond donors (Lipinski definition) is 1. The number of piperazine rings is 1. The van der Waals surface area contributed by atoms with Crippen LogP contribution in [0.5, 0.6) is 0 Å². The maximum absolute atomic E-state index is 13.1. The summed E-state index contributed by atoms with van der Waals surface area (Å²) in [5, 5.41) is 3.76.